The fraction of sp³-hybridized carbons (Fsp3) is 0.0682. The Morgan fingerprint density at radius 1 is 0.438 bits per heavy atom. The van der Waals surface area contributed by atoms with E-state index in [1.165, 1.54) is 0 Å². The summed E-state index contributed by atoms with van der Waals surface area (Å²) in [5, 5.41) is 0. The summed E-state index contributed by atoms with van der Waals surface area (Å²) in [5.74, 6) is 0.829. The Balaban J connectivity index is 1.45. The van der Waals surface area contributed by atoms with Gasteiger partial charge in [-0.1, -0.05) is 164 Å². The van der Waals surface area contributed by atoms with Gasteiger partial charge in [0.1, 0.15) is 5.82 Å². The predicted molar refractivity (Wildman–Crippen MR) is 198 cm³/mol. The molecule has 0 bridgehead atoms. The zero-order valence-electron chi connectivity index (χ0n) is 26.9. The molecule has 1 aromatic heterocycles. The monoisotopic (exact) mass is 618 g/mol. The van der Waals surface area contributed by atoms with E-state index in [-0.39, 0.29) is 0 Å². The number of rotatable bonds is 7. The first-order valence-electron chi connectivity index (χ1n) is 16.3. The van der Waals surface area contributed by atoms with E-state index in [9.17, 15) is 0 Å². The molecule has 2 heterocycles. The van der Waals surface area contributed by atoms with E-state index < -0.39 is 5.66 Å². The van der Waals surface area contributed by atoms with E-state index >= 15 is 0 Å². The minimum atomic E-state index is -1.06. The summed E-state index contributed by atoms with van der Waals surface area (Å²) in [6.45, 7) is 4.27. The van der Waals surface area contributed by atoms with E-state index in [4.69, 9.17) is 15.0 Å². The maximum absolute atomic E-state index is 5.70. The lowest BCUT2D eigenvalue weighted by atomic mass is 9.85. The van der Waals surface area contributed by atoms with Gasteiger partial charge in [0, 0.05) is 38.9 Å². The molecule has 0 radical (unpaired) electrons. The van der Waals surface area contributed by atoms with Gasteiger partial charge in [0.25, 0.3) is 0 Å². The van der Waals surface area contributed by atoms with Crippen molar-refractivity contribution in [3.05, 3.63) is 197 Å². The van der Waals surface area contributed by atoms with Crippen LogP contribution >= 0.6 is 0 Å². The van der Waals surface area contributed by atoms with Crippen molar-refractivity contribution in [2.24, 2.45) is 9.98 Å². The number of nitrogens with one attached hydrogen (secondary N) is 1. The molecule has 0 saturated carbocycles. The van der Waals surface area contributed by atoms with Crippen LogP contribution in [0.25, 0.3) is 33.9 Å². The minimum Gasteiger partial charge on any atom is -0.337 e. The van der Waals surface area contributed by atoms with Crippen molar-refractivity contribution in [1.82, 2.24) is 9.97 Å². The average molecular weight is 619 g/mol. The molecular formula is C44H34N4. The summed E-state index contributed by atoms with van der Waals surface area (Å²) in [6, 6.07) is 56.6. The SMILES string of the molecule is Cc1ccccc1-c1nc(-c2ccccc2)c(-c2ccccc2C2(c3ccccc3C)N=C(c3ccccc3)C(c3ccccc3)=N2)[nH]1. The number of benzene rings is 6. The molecule has 0 fully saturated rings. The van der Waals surface area contributed by atoms with Crippen molar-refractivity contribution in [3.63, 3.8) is 0 Å². The number of nitrogens with zero attached hydrogens (tertiary/aromatic N) is 3. The van der Waals surface area contributed by atoms with E-state index in [2.05, 4.69) is 164 Å². The van der Waals surface area contributed by atoms with Crippen molar-refractivity contribution in [2.45, 2.75) is 19.5 Å². The predicted octanol–water partition coefficient (Wildman–Crippen LogP) is 10.2. The van der Waals surface area contributed by atoms with Gasteiger partial charge in [0.2, 0.25) is 5.66 Å². The number of imidazole rings is 1. The van der Waals surface area contributed by atoms with Crippen molar-refractivity contribution in [1.29, 1.82) is 0 Å². The first-order valence-corrected chi connectivity index (χ1v) is 16.3. The van der Waals surface area contributed by atoms with Crippen LogP contribution in [0.3, 0.4) is 0 Å². The zero-order valence-corrected chi connectivity index (χ0v) is 26.9. The first kappa shape index (κ1) is 29.3. The molecule has 0 amide bonds. The van der Waals surface area contributed by atoms with Crippen LogP contribution < -0.4 is 0 Å². The Morgan fingerprint density at radius 3 is 1.46 bits per heavy atom. The largest absolute Gasteiger partial charge is 0.337 e. The molecule has 7 aromatic rings. The molecule has 6 aromatic carbocycles. The summed E-state index contributed by atoms with van der Waals surface area (Å²) in [7, 11) is 0. The van der Waals surface area contributed by atoms with Gasteiger partial charge in [0.15, 0.2) is 0 Å². The van der Waals surface area contributed by atoms with Crippen LogP contribution in [-0.2, 0) is 5.66 Å². The highest BCUT2D eigenvalue weighted by atomic mass is 15.1. The van der Waals surface area contributed by atoms with Gasteiger partial charge in [0.05, 0.1) is 22.8 Å². The van der Waals surface area contributed by atoms with Crippen LogP contribution in [0.5, 0.6) is 0 Å². The molecule has 1 aliphatic heterocycles. The molecule has 48 heavy (non-hydrogen) atoms. The number of hydrogen-bond donors (Lipinski definition) is 1. The Labute approximate surface area is 281 Å². The number of hydrogen-bond acceptors (Lipinski definition) is 3. The molecule has 230 valence electrons. The smallest absolute Gasteiger partial charge is 0.203 e. The first-order chi connectivity index (χ1) is 23.6. The lowest BCUT2D eigenvalue weighted by molar-refractivity contribution is 0.586. The molecule has 0 saturated heterocycles. The van der Waals surface area contributed by atoms with Gasteiger partial charge in [-0.25, -0.2) is 15.0 Å². The molecule has 1 aliphatic rings. The number of aromatic amines is 1. The van der Waals surface area contributed by atoms with E-state index in [0.29, 0.717) is 0 Å². The van der Waals surface area contributed by atoms with Crippen LogP contribution in [0.4, 0.5) is 0 Å². The standard InChI is InChI=1S/C44H34N4/c1-30-18-12-14-26-35(30)43-45-39(32-20-6-3-7-21-32)42(46-43)36-27-15-17-29-38(36)44(37-28-16-13-19-31(37)2)47-40(33-22-8-4-9-23-33)41(48-44)34-24-10-5-11-25-34/h3-29H,1-2H3,(H,45,46). The topological polar surface area (TPSA) is 53.4 Å². The summed E-state index contributed by atoms with van der Waals surface area (Å²) in [6.07, 6.45) is 0. The third-order valence-electron chi connectivity index (χ3n) is 9.11. The van der Waals surface area contributed by atoms with Crippen molar-refractivity contribution in [2.75, 3.05) is 0 Å². The molecule has 0 aliphatic carbocycles. The Kier molecular flexibility index (Phi) is 7.46. The number of H-pyrrole nitrogens is 1. The van der Waals surface area contributed by atoms with Crippen molar-refractivity contribution >= 4 is 11.4 Å². The van der Waals surface area contributed by atoms with Gasteiger partial charge in [-0.3, -0.25) is 0 Å². The average Bonchev–Trinajstić information content (AvgIpc) is 3.77. The van der Waals surface area contributed by atoms with Crippen LogP contribution in [0.1, 0.15) is 33.4 Å². The highest BCUT2D eigenvalue weighted by molar-refractivity contribution is 6.54. The van der Waals surface area contributed by atoms with Crippen LogP contribution in [0, 0.1) is 13.8 Å². The fourth-order valence-electron chi connectivity index (χ4n) is 6.74. The highest BCUT2D eigenvalue weighted by Gasteiger charge is 2.43. The van der Waals surface area contributed by atoms with Gasteiger partial charge in [-0.15, -0.1) is 0 Å². The lowest BCUT2D eigenvalue weighted by Gasteiger charge is -2.28. The maximum atomic E-state index is 5.70. The van der Waals surface area contributed by atoms with Crippen LogP contribution in [0.2, 0.25) is 0 Å². The summed E-state index contributed by atoms with van der Waals surface area (Å²) >= 11 is 0. The van der Waals surface area contributed by atoms with Crippen molar-refractivity contribution in [3.8, 4) is 33.9 Å². The highest BCUT2D eigenvalue weighted by Crippen LogP contribution is 2.47. The molecule has 1 N–H and O–H groups in total. The van der Waals surface area contributed by atoms with Crippen LogP contribution in [-0.4, -0.2) is 21.4 Å². The zero-order chi connectivity index (χ0) is 32.5. The Morgan fingerprint density at radius 2 is 0.896 bits per heavy atom. The second-order valence-electron chi connectivity index (χ2n) is 12.2. The van der Waals surface area contributed by atoms with Gasteiger partial charge < -0.3 is 4.98 Å². The van der Waals surface area contributed by atoms with Gasteiger partial charge >= 0.3 is 0 Å². The number of aryl methyl sites for hydroxylation is 2. The normalized spacial score (nSPS) is 13.6. The van der Waals surface area contributed by atoms with E-state index in [1.807, 2.05) is 18.2 Å². The quantitative estimate of drug-likeness (QED) is 0.190. The fourth-order valence-corrected chi connectivity index (χ4v) is 6.74. The minimum absolute atomic E-state index is 0.829. The molecule has 0 unspecified atom stereocenters. The molecule has 0 spiro atoms. The van der Waals surface area contributed by atoms with Crippen LogP contribution in [0.15, 0.2) is 174 Å². The second-order valence-corrected chi connectivity index (χ2v) is 12.2. The Bertz CT molecular complexity index is 2240. The molecule has 4 heteroatoms. The molecule has 4 nitrogen and oxygen atoms in total. The van der Waals surface area contributed by atoms with Crippen molar-refractivity contribution < 1.29 is 0 Å². The molecule has 8 rings (SSSR count). The van der Waals surface area contributed by atoms with E-state index in [0.717, 1.165) is 78.7 Å². The molecular weight excluding hydrogens is 585 g/mol. The Hall–Kier alpha value is -6.13. The summed E-state index contributed by atoms with van der Waals surface area (Å²) < 4.78 is 0. The second kappa shape index (κ2) is 12.2. The summed E-state index contributed by atoms with van der Waals surface area (Å²) in [4.78, 5) is 20.4. The third-order valence-corrected chi connectivity index (χ3v) is 9.11. The van der Waals surface area contributed by atoms with Gasteiger partial charge in [-0.05, 0) is 25.0 Å². The third kappa shape index (κ3) is 5.08. The van der Waals surface area contributed by atoms with Gasteiger partial charge in [-0.2, -0.15) is 0 Å². The lowest BCUT2D eigenvalue weighted by Crippen LogP contribution is -2.23. The maximum Gasteiger partial charge on any atom is 0.203 e. The number of aromatic nitrogens is 2. The number of aliphatic imine (C=N–C) groups is 2. The molecule has 0 atom stereocenters. The summed E-state index contributed by atoms with van der Waals surface area (Å²) in [5.41, 5.74) is 12.0. The van der Waals surface area contributed by atoms with E-state index in [1.54, 1.807) is 0 Å².